The molecular weight excluding hydrogens is 328 g/mol. The Labute approximate surface area is 154 Å². The number of anilines is 1. The van der Waals surface area contributed by atoms with Gasteiger partial charge in [-0.15, -0.1) is 0 Å². The van der Waals surface area contributed by atoms with Gasteiger partial charge in [-0.1, -0.05) is 37.5 Å². The topological polar surface area (TPSA) is 81.4 Å². The van der Waals surface area contributed by atoms with Gasteiger partial charge in [0, 0.05) is 18.5 Å². The Bertz CT molecular complexity index is 684. The number of carbonyl (C=O) groups excluding carboxylic acids is 2. The second-order valence-corrected chi connectivity index (χ2v) is 6.22. The van der Waals surface area contributed by atoms with Gasteiger partial charge in [0.1, 0.15) is 11.5 Å². The maximum absolute atomic E-state index is 12.0. The highest BCUT2D eigenvalue weighted by Gasteiger charge is 2.03. The summed E-state index contributed by atoms with van der Waals surface area (Å²) in [6.07, 6.45) is 5.61. The molecule has 0 saturated carbocycles. The highest BCUT2D eigenvalue weighted by Crippen LogP contribution is 2.22. The number of unbranched alkanes of at least 4 members (excludes halogenated alkanes) is 4. The quantitative estimate of drug-likeness (QED) is 0.577. The van der Waals surface area contributed by atoms with Crippen molar-refractivity contribution in [3.63, 3.8) is 0 Å². The van der Waals surface area contributed by atoms with Crippen molar-refractivity contribution >= 4 is 17.5 Å². The molecule has 0 aliphatic heterocycles. The maximum Gasteiger partial charge on any atom is 0.224 e. The van der Waals surface area contributed by atoms with Crippen LogP contribution in [0.4, 0.5) is 5.69 Å². The van der Waals surface area contributed by atoms with Crippen molar-refractivity contribution in [2.24, 2.45) is 5.73 Å². The molecule has 0 unspecified atom stereocenters. The maximum atomic E-state index is 12.0. The van der Waals surface area contributed by atoms with Gasteiger partial charge in [-0.3, -0.25) is 9.59 Å². The molecule has 0 aliphatic carbocycles. The van der Waals surface area contributed by atoms with Crippen LogP contribution in [0.5, 0.6) is 11.5 Å². The van der Waals surface area contributed by atoms with Crippen LogP contribution >= 0.6 is 0 Å². The number of carbonyl (C=O) groups is 2. The molecule has 5 heteroatoms. The summed E-state index contributed by atoms with van der Waals surface area (Å²) in [5.41, 5.74) is 5.86. The first-order valence-corrected chi connectivity index (χ1v) is 9.04. The van der Waals surface area contributed by atoms with Crippen molar-refractivity contribution in [1.29, 1.82) is 0 Å². The number of amides is 2. The van der Waals surface area contributed by atoms with E-state index in [9.17, 15) is 9.59 Å². The third-order valence-electron chi connectivity index (χ3n) is 3.94. The average molecular weight is 354 g/mol. The molecule has 2 amide bonds. The molecule has 3 N–H and O–H groups in total. The van der Waals surface area contributed by atoms with Gasteiger partial charge >= 0.3 is 0 Å². The number of rotatable bonds is 11. The molecule has 0 bridgehead atoms. The Morgan fingerprint density at radius 1 is 0.769 bits per heavy atom. The van der Waals surface area contributed by atoms with Gasteiger partial charge in [-0.25, -0.2) is 0 Å². The Hall–Kier alpha value is -2.82. The predicted octanol–water partition coefficient (Wildman–Crippen LogP) is 4.63. The van der Waals surface area contributed by atoms with E-state index in [1.54, 1.807) is 0 Å². The number of hydrogen-bond acceptors (Lipinski definition) is 3. The van der Waals surface area contributed by atoms with Crippen LogP contribution in [-0.2, 0) is 9.59 Å². The van der Waals surface area contributed by atoms with Gasteiger partial charge in [0.25, 0.3) is 0 Å². The fourth-order valence-electron chi connectivity index (χ4n) is 2.57. The van der Waals surface area contributed by atoms with Crippen molar-refractivity contribution in [2.75, 3.05) is 5.32 Å². The molecule has 0 spiro atoms. The molecule has 0 aromatic heterocycles. The van der Waals surface area contributed by atoms with Crippen LogP contribution in [0.1, 0.15) is 44.9 Å². The SMILES string of the molecule is NC(=O)CCCCCCCC(=O)Nc1ccc(Oc2ccccc2)cc1. The van der Waals surface area contributed by atoms with Gasteiger partial charge in [-0.2, -0.15) is 0 Å². The van der Waals surface area contributed by atoms with E-state index < -0.39 is 0 Å². The fraction of sp³-hybridized carbons (Fsp3) is 0.333. The lowest BCUT2D eigenvalue weighted by atomic mass is 10.1. The van der Waals surface area contributed by atoms with Crippen molar-refractivity contribution < 1.29 is 14.3 Å². The van der Waals surface area contributed by atoms with Crippen molar-refractivity contribution in [1.82, 2.24) is 0 Å². The number of hydrogen-bond donors (Lipinski definition) is 2. The Morgan fingerprint density at radius 3 is 2.00 bits per heavy atom. The van der Waals surface area contributed by atoms with E-state index in [0.717, 1.165) is 49.3 Å². The van der Waals surface area contributed by atoms with Crippen LogP contribution in [-0.4, -0.2) is 11.8 Å². The van der Waals surface area contributed by atoms with Crippen LogP contribution < -0.4 is 15.8 Å². The monoisotopic (exact) mass is 354 g/mol. The molecule has 0 atom stereocenters. The standard InChI is InChI=1S/C21H26N2O3/c22-20(24)11-7-2-1-3-8-12-21(25)23-17-13-15-19(16-14-17)26-18-9-5-4-6-10-18/h4-6,9-10,13-16H,1-3,7-8,11-12H2,(H2,22,24)(H,23,25). The zero-order chi connectivity index (χ0) is 18.6. The zero-order valence-electron chi connectivity index (χ0n) is 14.9. The minimum absolute atomic E-state index is 0.0128. The molecule has 5 nitrogen and oxygen atoms in total. The van der Waals surface area contributed by atoms with Gasteiger partial charge < -0.3 is 15.8 Å². The summed E-state index contributed by atoms with van der Waals surface area (Å²) in [6.45, 7) is 0. The van der Waals surface area contributed by atoms with E-state index in [1.165, 1.54) is 0 Å². The van der Waals surface area contributed by atoms with Crippen LogP contribution in [0.25, 0.3) is 0 Å². The molecule has 26 heavy (non-hydrogen) atoms. The van der Waals surface area contributed by atoms with E-state index in [2.05, 4.69) is 5.32 Å². The molecule has 0 saturated heterocycles. The molecule has 0 heterocycles. The summed E-state index contributed by atoms with van der Waals surface area (Å²) in [7, 11) is 0. The molecule has 138 valence electrons. The summed E-state index contributed by atoms with van der Waals surface area (Å²) in [4.78, 5) is 22.6. The summed E-state index contributed by atoms with van der Waals surface area (Å²) in [5, 5.41) is 2.89. The summed E-state index contributed by atoms with van der Waals surface area (Å²) < 4.78 is 5.72. The third kappa shape index (κ3) is 7.83. The van der Waals surface area contributed by atoms with Gasteiger partial charge in [-0.05, 0) is 49.2 Å². The Kier molecular flexibility index (Phi) is 8.19. The number of para-hydroxylation sites is 1. The van der Waals surface area contributed by atoms with Crippen LogP contribution in [0, 0.1) is 0 Å². The van der Waals surface area contributed by atoms with E-state index in [0.29, 0.717) is 12.8 Å². The lowest BCUT2D eigenvalue weighted by Crippen LogP contribution is -2.11. The Balaban J connectivity index is 1.63. The third-order valence-corrected chi connectivity index (χ3v) is 3.94. The smallest absolute Gasteiger partial charge is 0.224 e. The van der Waals surface area contributed by atoms with E-state index >= 15 is 0 Å². The van der Waals surface area contributed by atoms with Gasteiger partial charge in [0.2, 0.25) is 11.8 Å². The zero-order valence-corrected chi connectivity index (χ0v) is 14.9. The second kappa shape index (κ2) is 10.9. The average Bonchev–Trinajstić information content (AvgIpc) is 2.63. The summed E-state index contributed by atoms with van der Waals surface area (Å²) in [6, 6.07) is 16.9. The minimum Gasteiger partial charge on any atom is -0.457 e. The van der Waals surface area contributed by atoms with Crippen LogP contribution in [0.15, 0.2) is 54.6 Å². The van der Waals surface area contributed by atoms with Crippen molar-refractivity contribution in [3.8, 4) is 11.5 Å². The second-order valence-electron chi connectivity index (χ2n) is 6.22. The highest BCUT2D eigenvalue weighted by atomic mass is 16.5. The predicted molar refractivity (Wildman–Crippen MR) is 103 cm³/mol. The van der Waals surface area contributed by atoms with E-state index in [-0.39, 0.29) is 11.8 Å². The molecular formula is C21H26N2O3. The lowest BCUT2D eigenvalue weighted by Gasteiger charge is -2.08. The number of nitrogens with one attached hydrogen (secondary N) is 1. The van der Waals surface area contributed by atoms with Crippen LogP contribution in [0.2, 0.25) is 0 Å². The first-order valence-electron chi connectivity index (χ1n) is 9.04. The fourth-order valence-corrected chi connectivity index (χ4v) is 2.57. The molecule has 0 aliphatic rings. The number of primary amides is 1. The molecule has 2 aromatic rings. The van der Waals surface area contributed by atoms with E-state index in [4.69, 9.17) is 10.5 Å². The largest absolute Gasteiger partial charge is 0.457 e. The van der Waals surface area contributed by atoms with Crippen molar-refractivity contribution in [2.45, 2.75) is 44.9 Å². The first kappa shape index (κ1) is 19.5. The highest BCUT2D eigenvalue weighted by molar-refractivity contribution is 5.90. The minimum atomic E-state index is -0.246. The summed E-state index contributed by atoms with van der Waals surface area (Å²) >= 11 is 0. The number of nitrogens with two attached hydrogens (primary N) is 1. The first-order chi connectivity index (χ1) is 12.6. The van der Waals surface area contributed by atoms with Crippen molar-refractivity contribution in [3.05, 3.63) is 54.6 Å². The van der Waals surface area contributed by atoms with E-state index in [1.807, 2.05) is 54.6 Å². The normalized spacial score (nSPS) is 10.3. The van der Waals surface area contributed by atoms with Crippen LogP contribution in [0.3, 0.4) is 0 Å². The lowest BCUT2D eigenvalue weighted by molar-refractivity contribution is -0.118. The molecule has 2 rings (SSSR count). The molecule has 2 aromatic carbocycles. The van der Waals surface area contributed by atoms with Gasteiger partial charge in [0.15, 0.2) is 0 Å². The summed E-state index contributed by atoms with van der Waals surface area (Å²) in [5.74, 6) is 1.27. The Morgan fingerprint density at radius 2 is 1.35 bits per heavy atom. The number of benzene rings is 2. The van der Waals surface area contributed by atoms with Gasteiger partial charge in [0.05, 0.1) is 0 Å². The molecule has 0 fully saturated rings. The molecule has 0 radical (unpaired) electrons. The number of ether oxygens (including phenoxy) is 1.